The van der Waals surface area contributed by atoms with E-state index in [9.17, 15) is 9.18 Å². The van der Waals surface area contributed by atoms with Gasteiger partial charge >= 0.3 is 0 Å². The van der Waals surface area contributed by atoms with E-state index in [0.29, 0.717) is 12.4 Å². The van der Waals surface area contributed by atoms with Crippen LogP contribution in [0.4, 0.5) is 4.39 Å². The molecule has 160 valence electrons. The van der Waals surface area contributed by atoms with Gasteiger partial charge < -0.3 is 9.88 Å². The van der Waals surface area contributed by atoms with Crippen LogP contribution in [0.15, 0.2) is 77.8 Å². The highest BCUT2D eigenvalue weighted by atomic mass is 19.1. The van der Waals surface area contributed by atoms with Gasteiger partial charge in [0.15, 0.2) is 0 Å². The van der Waals surface area contributed by atoms with Crippen molar-refractivity contribution in [3.05, 3.63) is 106 Å². The molecular weight excluding hydrogens is 391 g/mol. The van der Waals surface area contributed by atoms with Crippen molar-refractivity contribution in [2.45, 2.75) is 33.7 Å². The number of hydrogen-bond donors (Lipinski definition) is 1. The van der Waals surface area contributed by atoms with E-state index in [1.165, 1.54) is 18.3 Å². The Morgan fingerprint density at radius 2 is 2.03 bits per heavy atom. The number of nitrogens with one attached hydrogen (secondary N) is 1. The van der Waals surface area contributed by atoms with Gasteiger partial charge in [0.2, 0.25) is 0 Å². The van der Waals surface area contributed by atoms with Gasteiger partial charge in [0, 0.05) is 54.9 Å². The molecule has 0 aromatic carbocycles. The number of hydrogen-bond acceptors (Lipinski definition) is 4. The second kappa shape index (κ2) is 9.51. The molecule has 3 heterocycles. The molecule has 0 saturated heterocycles. The third-order valence-corrected chi connectivity index (χ3v) is 5.53. The number of rotatable bonds is 6. The van der Waals surface area contributed by atoms with Gasteiger partial charge in [0.05, 0.1) is 0 Å². The summed E-state index contributed by atoms with van der Waals surface area (Å²) in [6.45, 7) is 14.9. The maximum atomic E-state index is 13.0. The van der Waals surface area contributed by atoms with Crippen LogP contribution >= 0.6 is 0 Å². The predicted molar refractivity (Wildman–Crippen MR) is 124 cm³/mol. The zero-order chi connectivity index (χ0) is 22.5. The number of H-pyrrole nitrogens is 1. The van der Waals surface area contributed by atoms with Gasteiger partial charge in [-0.1, -0.05) is 25.3 Å². The normalized spacial score (nSPS) is 15.0. The minimum Gasteiger partial charge on any atom is -0.367 e. The fraction of sp³-hybridized carbons (Fsp3) is 0.240. The number of allylic oxidation sites excluding steroid dienone is 7. The topological polar surface area (TPSA) is 61.9 Å². The largest absolute Gasteiger partial charge is 0.367 e. The Bertz CT molecular complexity index is 1170. The van der Waals surface area contributed by atoms with Gasteiger partial charge in [-0.15, -0.1) is 0 Å². The molecule has 0 atom stereocenters. The van der Waals surface area contributed by atoms with Crippen molar-refractivity contribution < 1.29 is 4.39 Å². The fourth-order valence-electron chi connectivity index (χ4n) is 3.55. The average Bonchev–Trinajstić information content (AvgIpc) is 2.77. The molecule has 0 fully saturated rings. The van der Waals surface area contributed by atoms with E-state index in [2.05, 4.69) is 39.1 Å². The number of aromatic amines is 1. The van der Waals surface area contributed by atoms with Crippen molar-refractivity contribution >= 4 is 11.1 Å². The van der Waals surface area contributed by atoms with Crippen molar-refractivity contribution in [3.63, 3.8) is 0 Å². The lowest BCUT2D eigenvalue weighted by molar-refractivity contribution is 0.326. The van der Waals surface area contributed by atoms with E-state index in [0.717, 1.165) is 52.2 Å². The zero-order valence-electron chi connectivity index (χ0n) is 18.2. The van der Waals surface area contributed by atoms with Crippen LogP contribution < -0.4 is 5.56 Å². The summed E-state index contributed by atoms with van der Waals surface area (Å²) >= 11 is 0. The summed E-state index contributed by atoms with van der Waals surface area (Å²) in [5, 5.41) is 0. The molecule has 31 heavy (non-hydrogen) atoms. The molecule has 0 spiro atoms. The van der Waals surface area contributed by atoms with E-state index in [1.54, 1.807) is 6.08 Å². The minimum absolute atomic E-state index is 0.182. The number of pyridine rings is 1. The Kier molecular flexibility index (Phi) is 6.80. The van der Waals surface area contributed by atoms with E-state index in [4.69, 9.17) is 0 Å². The van der Waals surface area contributed by atoms with Crippen LogP contribution in [0.25, 0.3) is 11.1 Å². The monoisotopic (exact) mass is 418 g/mol. The van der Waals surface area contributed by atoms with Gasteiger partial charge in [0.1, 0.15) is 11.7 Å². The lowest BCUT2D eigenvalue weighted by Gasteiger charge is -2.32. The van der Waals surface area contributed by atoms with Gasteiger partial charge in [-0.05, 0) is 55.2 Å². The van der Waals surface area contributed by atoms with Gasteiger partial charge in [-0.3, -0.25) is 9.78 Å². The quantitative estimate of drug-likeness (QED) is 0.673. The third kappa shape index (κ3) is 5.15. The summed E-state index contributed by atoms with van der Waals surface area (Å²) in [6.07, 6.45) is 9.12. The Morgan fingerprint density at radius 1 is 1.26 bits per heavy atom. The summed E-state index contributed by atoms with van der Waals surface area (Å²) < 4.78 is 13.0. The molecular formula is C25H27FN4O. The first-order chi connectivity index (χ1) is 14.8. The molecule has 0 unspecified atom stereocenters. The first kappa shape index (κ1) is 22.2. The number of nitrogens with zero attached hydrogens (tertiary/aromatic N) is 3. The number of aromatic nitrogens is 3. The maximum absolute atomic E-state index is 13.0. The fourth-order valence-corrected chi connectivity index (χ4v) is 3.55. The van der Waals surface area contributed by atoms with Gasteiger partial charge in [-0.2, -0.15) is 0 Å². The lowest BCUT2D eigenvalue weighted by Crippen LogP contribution is -2.31. The molecule has 2 aromatic rings. The van der Waals surface area contributed by atoms with Crippen LogP contribution in [-0.4, -0.2) is 26.4 Å². The molecule has 2 aromatic heterocycles. The number of halogens is 1. The van der Waals surface area contributed by atoms with Crippen LogP contribution in [0.1, 0.15) is 43.4 Å². The highest BCUT2D eigenvalue weighted by Crippen LogP contribution is 2.28. The Labute approximate surface area is 182 Å². The second-order valence-corrected chi connectivity index (χ2v) is 7.50. The highest BCUT2D eigenvalue weighted by Gasteiger charge is 2.21. The molecule has 0 amide bonds. The third-order valence-electron chi connectivity index (χ3n) is 5.53. The van der Waals surface area contributed by atoms with Crippen LogP contribution in [0.2, 0.25) is 0 Å². The highest BCUT2D eigenvalue weighted by molar-refractivity contribution is 5.74. The molecule has 0 saturated carbocycles. The van der Waals surface area contributed by atoms with Crippen molar-refractivity contribution in [1.82, 2.24) is 19.9 Å². The van der Waals surface area contributed by atoms with Crippen LogP contribution in [0.3, 0.4) is 0 Å². The first-order valence-electron chi connectivity index (χ1n) is 10.1. The van der Waals surface area contributed by atoms with Crippen LogP contribution in [-0.2, 0) is 13.0 Å². The van der Waals surface area contributed by atoms with Crippen molar-refractivity contribution in [3.8, 4) is 0 Å². The molecule has 0 radical (unpaired) electrons. The summed E-state index contributed by atoms with van der Waals surface area (Å²) in [7, 11) is 0. The average molecular weight is 419 g/mol. The standard InChI is InChI=1S/C25H27FN4O/c1-6-20(8-7-16(2)26)21-13-22-15-30(12-10-23(22)28-14-21)19(5)17(3)18(4)25-27-11-9-24(31)29-25/h6-9,11,13-14H,2,5,10,12,15H2,1,3-4H3,(H,27,29,31)/b8-7-,18-17-,20-6+. The van der Waals surface area contributed by atoms with Gasteiger partial charge in [-0.25, -0.2) is 9.37 Å². The Balaban J connectivity index is 1.85. The van der Waals surface area contributed by atoms with E-state index >= 15 is 0 Å². The molecule has 1 N–H and O–H groups in total. The molecule has 0 aliphatic carbocycles. The van der Waals surface area contributed by atoms with E-state index in [-0.39, 0.29) is 5.56 Å². The van der Waals surface area contributed by atoms with E-state index < -0.39 is 5.83 Å². The molecule has 6 heteroatoms. The molecule has 0 bridgehead atoms. The van der Waals surface area contributed by atoms with Crippen LogP contribution in [0.5, 0.6) is 0 Å². The summed E-state index contributed by atoms with van der Waals surface area (Å²) in [6, 6.07) is 3.50. The summed E-state index contributed by atoms with van der Waals surface area (Å²) in [5.74, 6) is 0.0612. The van der Waals surface area contributed by atoms with Crippen molar-refractivity contribution in [2.75, 3.05) is 6.54 Å². The lowest BCUT2D eigenvalue weighted by atomic mass is 9.98. The van der Waals surface area contributed by atoms with Gasteiger partial charge in [0.25, 0.3) is 5.56 Å². The Morgan fingerprint density at radius 3 is 2.71 bits per heavy atom. The molecule has 1 aliphatic heterocycles. The zero-order valence-corrected chi connectivity index (χ0v) is 18.2. The first-order valence-corrected chi connectivity index (χ1v) is 10.1. The van der Waals surface area contributed by atoms with Crippen molar-refractivity contribution in [1.29, 1.82) is 0 Å². The molecule has 5 nitrogen and oxygen atoms in total. The Hall–Kier alpha value is -3.54. The maximum Gasteiger partial charge on any atom is 0.251 e. The SMILES string of the molecule is C=C(F)/C=C\C(=C/C)c1cnc2c(c1)CN(C(=C)/C(C)=C(/C)c1nccc(=O)[nH]1)CC2. The second-order valence-electron chi connectivity index (χ2n) is 7.50. The minimum atomic E-state index is -0.486. The number of fused-ring (bicyclic) bond motifs is 1. The molecule has 1 aliphatic rings. The predicted octanol–water partition coefficient (Wildman–Crippen LogP) is 4.97. The van der Waals surface area contributed by atoms with E-state index in [1.807, 2.05) is 33.0 Å². The smallest absolute Gasteiger partial charge is 0.251 e. The summed E-state index contributed by atoms with van der Waals surface area (Å²) in [5.41, 5.74) is 6.56. The van der Waals surface area contributed by atoms with Crippen molar-refractivity contribution in [2.24, 2.45) is 0 Å². The molecule has 3 rings (SSSR count). The van der Waals surface area contributed by atoms with Crippen LogP contribution in [0, 0.1) is 0 Å². The summed E-state index contributed by atoms with van der Waals surface area (Å²) in [4.78, 5) is 25.5.